The van der Waals surface area contributed by atoms with Gasteiger partial charge in [0.15, 0.2) is 6.39 Å². The van der Waals surface area contributed by atoms with Gasteiger partial charge in [0.05, 0.1) is 6.61 Å². The minimum atomic E-state index is 0.267. The van der Waals surface area contributed by atoms with Crippen LogP contribution < -0.4 is 10.1 Å². The van der Waals surface area contributed by atoms with Gasteiger partial charge in [0.2, 0.25) is 0 Å². The predicted molar refractivity (Wildman–Crippen MR) is 94.3 cm³/mol. The van der Waals surface area contributed by atoms with Crippen LogP contribution in [0.1, 0.15) is 25.7 Å². The molecule has 1 aliphatic carbocycles. The molecule has 1 saturated carbocycles. The van der Waals surface area contributed by atoms with Gasteiger partial charge in [0.1, 0.15) is 17.7 Å². The van der Waals surface area contributed by atoms with E-state index in [1.54, 1.807) is 6.26 Å². The Labute approximate surface area is 147 Å². The highest BCUT2D eigenvalue weighted by Gasteiger charge is 2.51. The maximum atomic E-state index is 6.55. The Balaban J connectivity index is 1.31. The molecular formula is C19H23ClN2O2. The summed E-state index contributed by atoms with van der Waals surface area (Å²) in [5, 5.41) is 3.65. The number of halogens is 1. The average molecular weight is 347 g/mol. The van der Waals surface area contributed by atoms with Crippen molar-refractivity contribution in [2.24, 2.45) is 11.3 Å². The van der Waals surface area contributed by atoms with Crippen LogP contribution in [0.2, 0.25) is 0 Å². The molecule has 0 bridgehead atoms. The molecule has 0 amide bonds. The molecule has 2 aliphatic rings. The lowest BCUT2D eigenvalue weighted by Crippen LogP contribution is -2.41. The van der Waals surface area contributed by atoms with E-state index < -0.39 is 0 Å². The first-order valence-corrected chi connectivity index (χ1v) is 9.17. The second-order valence-corrected chi connectivity index (χ2v) is 7.53. The molecular weight excluding hydrogens is 324 g/mol. The maximum absolute atomic E-state index is 6.55. The molecule has 2 atom stereocenters. The summed E-state index contributed by atoms with van der Waals surface area (Å²) in [7, 11) is 0. The van der Waals surface area contributed by atoms with Gasteiger partial charge in [-0.2, -0.15) is 0 Å². The number of hydrogen-bond acceptors (Lipinski definition) is 4. The van der Waals surface area contributed by atoms with Crippen molar-refractivity contribution in [2.75, 3.05) is 19.7 Å². The van der Waals surface area contributed by atoms with E-state index in [0.717, 1.165) is 43.1 Å². The lowest BCUT2D eigenvalue weighted by Gasteiger charge is -2.34. The van der Waals surface area contributed by atoms with Crippen molar-refractivity contribution >= 4 is 11.6 Å². The highest BCUT2D eigenvalue weighted by molar-refractivity contribution is 6.21. The number of nitrogens with zero attached hydrogens (tertiary/aromatic N) is 1. The zero-order valence-electron chi connectivity index (χ0n) is 13.7. The van der Waals surface area contributed by atoms with Crippen LogP contribution in [-0.2, 0) is 0 Å². The van der Waals surface area contributed by atoms with E-state index in [0.29, 0.717) is 11.3 Å². The van der Waals surface area contributed by atoms with Gasteiger partial charge in [0, 0.05) is 17.5 Å². The monoisotopic (exact) mass is 346 g/mol. The third-order valence-electron chi connectivity index (χ3n) is 5.54. The highest BCUT2D eigenvalue weighted by Crippen LogP contribution is 2.58. The van der Waals surface area contributed by atoms with Crippen molar-refractivity contribution in [2.45, 2.75) is 31.1 Å². The minimum Gasteiger partial charge on any atom is -0.494 e. The van der Waals surface area contributed by atoms with Crippen molar-refractivity contribution in [3.63, 3.8) is 0 Å². The van der Waals surface area contributed by atoms with Gasteiger partial charge >= 0.3 is 0 Å². The molecule has 0 radical (unpaired) electrons. The number of oxazole rings is 1. The fourth-order valence-electron chi connectivity index (χ4n) is 3.93. The van der Waals surface area contributed by atoms with Gasteiger partial charge in [-0.3, -0.25) is 0 Å². The molecule has 0 spiro atoms. The zero-order chi connectivity index (χ0) is 16.4. The molecule has 2 aromatic rings. The number of alkyl halides is 1. The molecule has 1 N–H and O–H groups in total. The highest BCUT2D eigenvalue weighted by atomic mass is 35.5. The summed E-state index contributed by atoms with van der Waals surface area (Å²) in [6.45, 7) is 2.80. The lowest BCUT2D eigenvalue weighted by molar-refractivity contribution is 0.188. The molecule has 2 fully saturated rings. The first kappa shape index (κ1) is 16.0. The molecule has 1 aromatic carbocycles. The van der Waals surface area contributed by atoms with Crippen LogP contribution in [-0.4, -0.2) is 30.1 Å². The summed E-state index contributed by atoms with van der Waals surface area (Å²) >= 11 is 6.55. The quantitative estimate of drug-likeness (QED) is 0.800. The van der Waals surface area contributed by atoms with Gasteiger partial charge in [-0.05, 0) is 67.8 Å². The van der Waals surface area contributed by atoms with Gasteiger partial charge in [-0.1, -0.05) is 0 Å². The SMILES string of the molecule is ClC1CNCCC1C1(CCOc2ccc(-c3cocn3)cc2)CC1. The molecule has 24 heavy (non-hydrogen) atoms. The van der Waals surface area contributed by atoms with Gasteiger partial charge in [-0.25, -0.2) is 4.98 Å². The summed E-state index contributed by atoms with van der Waals surface area (Å²) in [4.78, 5) is 4.15. The molecule has 1 aliphatic heterocycles. The molecule has 4 rings (SSSR count). The number of ether oxygens (including phenoxy) is 1. The molecule has 4 nitrogen and oxygen atoms in total. The van der Waals surface area contributed by atoms with Crippen LogP contribution in [0, 0.1) is 11.3 Å². The van der Waals surface area contributed by atoms with Crippen molar-refractivity contribution in [1.82, 2.24) is 10.3 Å². The minimum absolute atomic E-state index is 0.267. The Hall–Kier alpha value is -1.52. The zero-order valence-corrected chi connectivity index (χ0v) is 14.5. The molecule has 5 heteroatoms. The van der Waals surface area contributed by atoms with Crippen LogP contribution in [0.15, 0.2) is 41.3 Å². The normalized spacial score (nSPS) is 25.4. The van der Waals surface area contributed by atoms with Crippen molar-refractivity contribution in [3.05, 3.63) is 36.9 Å². The van der Waals surface area contributed by atoms with E-state index in [1.165, 1.54) is 25.7 Å². The van der Waals surface area contributed by atoms with Crippen molar-refractivity contribution in [1.29, 1.82) is 0 Å². The van der Waals surface area contributed by atoms with E-state index in [4.69, 9.17) is 20.8 Å². The number of nitrogens with one attached hydrogen (secondary N) is 1. The van der Waals surface area contributed by atoms with Gasteiger partial charge in [-0.15, -0.1) is 11.6 Å². The number of benzene rings is 1. The first-order valence-electron chi connectivity index (χ1n) is 8.73. The maximum Gasteiger partial charge on any atom is 0.181 e. The molecule has 2 heterocycles. The van der Waals surface area contributed by atoms with E-state index in [2.05, 4.69) is 10.3 Å². The van der Waals surface area contributed by atoms with Crippen LogP contribution >= 0.6 is 11.6 Å². The third-order valence-corrected chi connectivity index (χ3v) is 6.00. The van der Waals surface area contributed by atoms with Crippen molar-refractivity contribution in [3.8, 4) is 17.0 Å². The number of hydrogen-bond donors (Lipinski definition) is 1. The Morgan fingerprint density at radius 1 is 1.29 bits per heavy atom. The fraction of sp³-hybridized carbons (Fsp3) is 0.526. The Bertz CT molecular complexity index is 653. The summed E-state index contributed by atoms with van der Waals surface area (Å²) in [6.07, 6.45) is 7.99. The van der Waals surface area contributed by atoms with Crippen LogP contribution in [0.3, 0.4) is 0 Å². The second kappa shape index (κ2) is 6.77. The van der Waals surface area contributed by atoms with Gasteiger partial charge < -0.3 is 14.5 Å². The predicted octanol–water partition coefficient (Wildman–Crippen LogP) is 4.11. The molecule has 128 valence electrons. The standard InChI is InChI=1S/C19H23ClN2O2/c20-17-11-21-9-5-16(17)19(6-7-19)8-10-24-15-3-1-14(2-4-15)18-12-23-13-22-18/h1-4,12-13,16-17,21H,5-11H2. The number of rotatable bonds is 6. The third kappa shape index (κ3) is 3.31. The fourth-order valence-corrected chi connectivity index (χ4v) is 4.43. The summed E-state index contributed by atoms with van der Waals surface area (Å²) in [5.41, 5.74) is 2.31. The number of piperidine rings is 1. The summed E-state index contributed by atoms with van der Waals surface area (Å²) < 4.78 is 11.0. The summed E-state index contributed by atoms with van der Waals surface area (Å²) in [5.74, 6) is 1.55. The molecule has 2 unspecified atom stereocenters. The molecule has 1 saturated heterocycles. The average Bonchev–Trinajstić information content (AvgIpc) is 3.18. The number of aromatic nitrogens is 1. The van der Waals surface area contributed by atoms with E-state index in [-0.39, 0.29) is 5.38 Å². The van der Waals surface area contributed by atoms with E-state index >= 15 is 0 Å². The smallest absolute Gasteiger partial charge is 0.181 e. The molecule has 1 aromatic heterocycles. The Morgan fingerprint density at radius 2 is 2.12 bits per heavy atom. The summed E-state index contributed by atoms with van der Waals surface area (Å²) in [6, 6.07) is 8.03. The van der Waals surface area contributed by atoms with Crippen LogP contribution in [0.4, 0.5) is 0 Å². The first-order chi connectivity index (χ1) is 11.8. The van der Waals surface area contributed by atoms with Crippen LogP contribution in [0.25, 0.3) is 11.3 Å². The van der Waals surface area contributed by atoms with E-state index in [1.807, 2.05) is 24.3 Å². The Morgan fingerprint density at radius 3 is 2.79 bits per heavy atom. The second-order valence-electron chi connectivity index (χ2n) is 6.97. The topological polar surface area (TPSA) is 47.3 Å². The van der Waals surface area contributed by atoms with Crippen molar-refractivity contribution < 1.29 is 9.15 Å². The largest absolute Gasteiger partial charge is 0.494 e. The van der Waals surface area contributed by atoms with Crippen LogP contribution in [0.5, 0.6) is 5.75 Å². The lowest BCUT2D eigenvalue weighted by atomic mass is 9.80. The van der Waals surface area contributed by atoms with E-state index in [9.17, 15) is 0 Å². The Kier molecular flexibility index (Phi) is 4.51. The van der Waals surface area contributed by atoms with Gasteiger partial charge in [0.25, 0.3) is 0 Å².